The fraction of sp³-hybridized carbons (Fsp3) is 0.167. The third-order valence-corrected chi connectivity index (χ3v) is 3.58. The number of nitrogens with zero attached hydrogens (tertiary/aromatic N) is 1. The summed E-state index contributed by atoms with van der Waals surface area (Å²) < 4.78 is 5.04. The second-order valence-electron chi connectivity index (χ2n) is 5.47. The number of hydrogen-bond acceptors (Lipinski definition) is 6. The Morgan fingerprint density at radius 2 is 1.67 bits per heavy atom. The molecule has 0 atom stereocenters. The molecule has 9 nitrogen and oxygen atoms in total. The van der Waals surface area contributed by atoms with Gasteiger partial charge in [0.25, 0.3) is 5.69 Å². The molecule has 0 aromatic heterocycles. The Hall–Kier alpha value is -3.75. The van der Waals surface area contributed by atoms with E-state index in [1.165, 1.54) is 24.3 Å². The maximum atomic E-state index is 11.7. The van der Waals surface area contributed by atoms with Crippen molar-refractivity contribution in [3.63, 3.8) is 0 Å². The van der Waals surface area contributed by atoms with Crippen molar-refractivity contribution in [3.05, 3.63) is 75.3 Å². The Bertz CT molecular complexity index is 818. The van der Waals surface area contributed by atoms with E-state index in [1.807, 2.05) is 0 Å². The normalized spacial score (nSPS) is 9.93. The van der Waals surface area contributed by atoms with E-state index in [1.54, 1.807) is 24.3 Å². The Morgan fingerprint density at radius 1 is 1.04 bits per heavy atom. The van der Waals surface area contributed by atoms with Gasteiger partial charge < -0.3 is 15.4 Å². The molecule has 0 heterocycles. The zero-order valence-electron chi connectivity index (χ0n) is 14.2. The van der Waals surface area contributed by atoms with Gasteiger partial charge in [0.2, 0.25) is 6.41 Å². The number of carbonyl (C=O) groups excluding carboxylic acids is 3. The van der Waals surface area contributed by atoms with Crippen molar-refractivity contribution in [2.75, 3.05) is 6.54 Å². The predicted octanol–water partition coefficient (Wildman–Crippen LogP) is 1.95. The topological polar surface area (TPSA) is 128 Å². The van der Waals surface area contributed by atoms with Gasteiger partial charge in [-0.3, -0.25) is 19.7 Å². The molecule has 2 N–H and O–H groups in total. The van der Waals surface area contributed by atoms with Crippen molar-refractivity contribution in [3.8, 4) is 0 Å². The molecule has 0 radical (unpaired) electrons. The molecule has 0 aliphatic rings. The largest absolute Gasteiger partial charge is 0.445 e. The van der Waals surface area contributed by atoms with Crippen molar-refractivity contribution in [2.45, 2.75) is 13.2 Å². The van der Waals surface area contributed by atoms with Crippen LogP contribution >= 0.6 is 0 Å². The first-order valence-corrected chi connectivity index (χ1v) is 7.92. The Kier molecular flexibility index (Phi) is 7.00. The molecular weight excluding hydrogens is 354 g/mol. The Morgan fingerprint density at radius 3 is 2.26 bits per heavy atom. The first kappa shape index (κ1) is 19.6. The van der Waals surface area contributed by atoms with E-state index in [-0.39, 0.29) is 31.2 Å². The zero-order valence-corrected chi connectivity index (χ0v) is 14.2. The number of rotatable bonds is 9. The maximum Gasteiger partial charge on any atom is 0.407 e. The van der Waals surface area contributed by atoms with Gasteiger partial charge in [-0.15, -0.1) is 0 Å². The minimum Gasteiger partial charge on any atom is -0.445 e. The first-order valence-electron chi connectivity index (χ1n) is 7.92. The average Bonchev–Trinajstić information content (AvgIpc) is 2.69. The summed E-state index contributed by atoms with van der Waals surface area (Å²) in [6.45, 7) is 0.122. The van der Waals surface area contributed by atoms with E-state index in [9.17, 15) is 24.5 Å². The van der Waals surface area contributed by atoms with Gasteiger partial charge in [-0.2, -0.15) is 0 Å². The van der Waals surface area contributed by atoms with Gasteiger partial charge in [0.1, 0.15) is 6.61 Å². The third kappa shape index (κ3) is 6.24. The van der Waals surface area contributed by atoms with Crippen LogP contribution in [0.3, 0.4) is 0 Å². The van der Waals surface area contributed by atoms with Crippen molar-refractivity contribution in [1.29, 1.82) is 0 Å². The monoisotopic (exact) mass is 371 g/mol. The number of hydrogen-bond donors (Lipinski definition) is 2. The number of non-ortho nitro benzene ring substituents is 1. The second kappa shape index (κ2) is 9.66. The lowest BCUT2D eigenvalue weighted by Crippen LogP contribution is -2.24. The summed E-state index contributed by atoms with van der Waals surface area (Å²) in [7, 11) is 0. The van der Waals surface area contributed by atoms with Crippen LogP contribution in [-0.2, 0) is 22.7 Å². The van der Waals surface area contributed by atoms with Gasteiger partial charge in [0.05, 0.1) is 11.5 Å². The van der Waals surface area contributed by atoms with Crippen LogP contribution in [0.25, 0.3) is 0 Å². The van der Waals surface area contributed by atoms with Crippen LogP contribution in [0.5, 0.6) is 0 Å². The molecule has 0 bridgehead atoms. The van der Waals surface area contributed by atoms with E-state index in [2.05, 4.69) is 10.6 Å². The fourth-order valence-corrected chi connectivity index (χ4v) is 2.13. The van der Waals surface area contributed by atoms with E-state index < -0.39 is 11.0 Å². The summed E-state index contributed by atoms with van der Waals surface area (Å²) in [5, 5.41) is 15.4. The summed E-state index contributed by atoms with van der Waals surface area (Å²) >= 11 is 0. The summed E-state index contributed by atoms with van der Waals surface area (Å²) in [4.78, 5) is 43.7. The molecule has 2 aromatic carbocycles. The Balaban J connectivity index is 1.77. The number of ether oxygens (including phenoxy) is 1. The quantitative estimate of drug-likeness (QED) is 0.300. The summed E-state index contributed by atoms with van der Waals surface area (Å²) in [6.07, 6.45) is -0.179. The number of alkyl carbamates (subject to hydrolysis) is 1. The molecule has 27 heavy (non-hydrogen) atoms. The Labute approximate surface area is 154 Å². The first-order chi connectivity index (χ1) is 13.0. The number of benzene rings is 2. The highest BCUT2D eigenvalue weighted by atomic mass is 16.6. The maximum absolute atomic E-state index is 11.7. The molecule has 0 fully saturated rings. The van der Waals surface area contributed by atoms with E-state index in [4.69, 9.17) is 4.74 Å². The lowest BCUT2D eigenvalue weighted by molar-refractivity contribution is -0.384. The molecule has 140 valence electrons. The lowest BCUT2D eigenvalue weighted by atomic mass is 10.1. The molecule has 0 aliphatic heterocycles. The number of ketones is 1. The molecule has 2 amide bonds. The highest BCUT2D eigenvalue weighted by Gasteiger charge is 2.08. The molecule has 0 unspecified atom stereocenters. The van der Waals surface area contributed by atoms with Crippen LogP contribution in [0.1, 0.15) is 21.5 Å². The predicted molar refractivity (Wildman–Crippen MR) is 95.0 cm³/mol. The highest BCUT2D eigenvalue weighted by molar-refractivity contribution is 5.98. The van der Waals surface area contributed by atoms with Gasteiger partial charge >= 0.3 is 6.09 Å². The average molecular weight is 371 g/mol. The van der Waals surface area contributed by atoms with Crippen molar-refractivity contribution < 1.29 is 24.0 Å². The second-order valence-corrected chi connectivity index (χ2v) is 5.47. The van der Waals surface area contributed by atoms with Crippen LogP contribution in [0.15, 0.2) is 48.5 Å². The smallest absolute Gasteiger partial charge is 0.407 e. The van der Waals surface area contributed by atoms with Crippen LogP contribution < -0.4 is 10.6 Å². The molecular formula is C18H17N3O6. The molecule has 0 spiro atoms. The highest BCUT2D eigenvalue weighted by Crippen LogP contribution is 2.12. The summed E-state index contributed by atoms with van der Waals surface area (Å²) in [6, 6.07) is 12.3. The van der Waals surface area contributed by atoms with Gasteiger partial charge in [-0.25, -0.2) is 4.79 Å². The summed E-state index contributed by atoms with van der Waals surface area (Å²) in [5.41, 5.74) is 1.81. The zero-order chi connectivity index (χ0) is 19.6. The van der Waals surface area contributed by atoms with Gasteiger partial charge in [0.15, 0.2) is 5.78 Å². The van der Waals surface area contributed by atoms with Crippen molar-refractivity contribution in [1.82, 2.24) is 10.6 Å². The number of amides is 2. The van der Waals surface area contributed by atoms with Gasteiger partial charge in [-0.1, -0.05) is 24.3 Å². The molecule has 0 aliphatic carbocycles. The van der Waals surface area contributed by atoms with Crippen molar-refractivity contribution >= 4 is 24.0 Å². The minimum absolute atomic E-state index is 0.0129. The number of nitrogens with one attached hydrogen (secondary N) is 2. The standard InChI is InChI=1S/C18H17N3O6/c22-12-19-10-17(23)15-5-1-13(2-6-15)9-20-18(24)27-11-14-3-7-16(8-4-14)21(25)26/h1-8,12H,9-11H2,(H,19,22)(H,20,24). The van der Waals surface area contributed by atoms with E-state index in [0.717, 1.165) is 5.56 Å². The number of nitro benzene ring substituents is 1. The molecule has 0 saturated heterocycles. The third-order valence-electron chi connectivity index (χ3n) is 3.58. The van der Waals surface area contributed by atoms with Crippen LogP contribution in [0.4, 0.5) is 10.5 Å². The van der Waals surface area contributed by atoms with Crippen LogP contribution in [0.2, 0.25) is 0 Å². The van der Waals surface area contributed by atoms with Crippen molar-refractivity contribution in [2.24, 2.45) is 0 Å². The SMILES string of the molecule is O=CNCC(=O)c1ccc(CNC(=O)OCc2ccc([N+](=O)[O-])cc2)cc1. The number of carbonyl (C=O) groups is 3. The summed E-state index contributed by atoms with van der Waals surface area (Å²) in [5.74, 6) is -0.218. The lowest BCUT2D eigenvalue weighted by Gasteiger charge is -2.08. The molecule has 2 rings (SSSR count). The number of Topliss-reactive ketones (excluding diaryl/α,β-unsaturated/α-hetero) is 1. The van der Waals surface area contributed by atoms with Gasteiger partial charge in [-0.05, 0) is 23.3 Å². The molecule has 9 heteroatoms. The molecule has 2 aromatic rings. The van der Waals surface area contributed by atoms with Crippen LogP contribution in [0, 0.1) is 10.1 Å². The minimum atomic E-state index is -0.635. The van der Waals surface area contributed by atoms with Gasteiger partial charge in [0, 0.05) is 24.2 Å². The fourth-order valence-electron chi connectivity index (χ4n) is 2.13. The van der Waals surface area contributed by atoms with E-state index in [0.29, 0.717) is 17.5 Å². The molecule has 0 saturated carbocycles. The number of nitro groups is 1. The van der Waals surface area contributed by atoms with Crippen LogP contribution in [-0.4, -0.2) is 29.8 Å². The van der Waals surface area contributed by atoms with E-state index >= 15 is 0 Å².